The molecule has 0 spiro atoms. The number of aryl methyl sites for hydroxylation is 2. The predicted octanol–water partition coefficient (Wildman–Crippen LogP) is 4.50. The zero-order valence-electron chi connectivity index (χ0n) is 15.3. The molecule has 0 aliphatic carbocycles. The number of nitrogen functional groups attached to an aromatic ring is 1. The molecule has 0 bridgehead atoms. The van der Waals surface area contributed by atoms with Crippen molar-refractivity contribution in [2.45, 2.75) is 25.8 Å². The number of nitrogens with zero attached hydrogens (tertiary/aromatic N) is 2. The van der Waals surface area contributed by atoms with E-state index in [2.05, 4.69) is 63.7 Å². The topological polar surface area (TPSA) is 79.6 Å². The number of nitrogens with one attached hydrogen (secondary N) is 2. The molecule has 5 nitrogen and oxygen atoms in total. The lowest BCUT2D eigenvalue weighted by Gasteiger charge is -2.15. The van der Waals surface area contributed by atoms with Crippen LogP contribution in [-0.2, 0) is 12.8 Å². The lowest BCUT2D eigenvalue weighted by Crippen LogP contribution is -2.11. The highest BCUT2D eigenvalue weighted by Gasteiger charge is 2.10. The van der Waals surface area contributed by atoms with Gasteiger partial charge in [0.2, 0.25) is 5.95 Å². The lowest BCUT2D eigenvalue weighted by atomic mass is 10.1. The minimum Gasteiger partial charge on any atom is -0.383 e. The molecule has 27 heavy (non-hydrogen) atoms. The SMILES string of the molecule is CC(Nc1ncc(CCc2c[nH]c3ccccc23)c(N)n1)c1ccccc1. The molecule has 5 heteroatoms. The van der Waals surface area contributed by atoms with Crippen molar-refractivity contribution in [2.75, 3.05) is 11.1 Å². The summed E-state index contributed by atoms with van der Waals surface area (Å²) in [5.74, 6) is 1.09. The molecule has 136 valence electrons. The Bertz CT molecular complexity index is 1040. The van der Waals surface area contributed by atoms with Gasteiger partial charge < -0.3 is 16.0 Å². The van der Waals surface area contributed by atoms with Crippen LogP contribution in [0.5, 0.6) is 0 Å². The van der Waals surface area contributed by atoms with Gasteiger partial charge in [-0.3, -0.25) is 0 Å². The number of benzene rings is 2. The maximum absolute atomic E-state index is 6.19. The van der Waals surface area contributed by atoms with Crippen LogP contribution in [0.15, 0.2) is 67.0 Å². The second kappa shape index (κ2) is 7.50. The maximum Gasteiger partial charge on any atom is 0.225 e. The van der Waals surface area contributed by atoms with Gasteiger partial charge in [0.1, 0.15) is 5.82 Å². The maximum atomic E-state index is 6.19. The molecule has 0 aliphatic rings. The molecule has 2 heterocycles. The minimum absolute atomic E-state index is 0.114. The summed E-state index contributed by atoms with van der Waals surface area (Å²) in [4.78, 5) is 12.2. The molecular weight excluding hydrogens is 334 g/mol. The van der Waals surface area contributed by atoms with Crippen LogP contribution >= 0.6 is 0 Å². The summed E-state index contributed by atoms with van der Waals surface area (Å²) in [7, 11) is 0. The van der Waals surface area contributed by atoms with E-state index >= 15 is 0 Å². The summed E-state index contributed by atoms with van der Waals surface area (Å²) in [5.41, 5.74) is 10.8. The molecule has 0 saturated carbocycles. The van der Waals surface area contributed by atoms with Crippen LogP contribution in [0.3, 0.4) is 0 Å². The molecule has 0 amide bonds. The van der Waals surface area contributed by atoms with Gasteiger partial charge in [-0.2, -0.15) is 4.98 Å². The standard InChI is InChI=1S/C22H23N5/c1-15(16-7-3-2-4-8-16)26-22-25-14-18(21(23)27-22)12-11-17-13-24-20-10-6-5-9-19(17)20/h2-10,13-15,24H,11-12H2,1H3,(H3,23,25,26,27). The number of nitrogens with two attached hydrogens (primary N) is 1. The molecule has 0 fully saturated rings. The Morgan fingerprint density at radius 1 is 1.00 bits per heavy atom. The smallest absolute Gasteiger partial charge is 0.225 e. The van der Waals surface area contributed by atoms with Crippen LogP contribution in [0.1, 0.15) is 29.7 Å². The van der Waals surface area contributed by atoms with Gasteiger partial charge >= 0.3 is 0 Å². The minimum atomic E-state index is 0.114. The summed E-state index contributed by atoms with van der Waals surface area (Å²) in [6.07, 6.45) is 5.60. The van der Waals surface area contributed by atoms with Crippen molar-refractivity contribution in [1.82, 2.24) is 15.0 Å². The van der Waals surface area contributed by atoms with Gasteiger partial charge in [0.25, 0.3) is 0 Å². The number of para-hydroxylation sites is 1. The lowest BCUT2D eigenvalue weighted by molar-refractivity contribution is 0.855. The number of fused-ring (bicyclic) bond motifs is 1. The number of H-pyrrole nitrogens is 1. The highest BCUT2D eigenvalue weighted by atomic mass is 15.1. The molecule has 4 N–H and O–H groups in total. The Hall–Kier alpha value is -3.34. The zero-order chi connectivity index (χ0) is 18.6. The van der Waals surface area contributed by atoms with Gasteiger partial charge in [-0.15, -0.1) is 0 Å². The van der Waals surface area contributed by atoms with Crippen LogP contribution in [0.4, 0.5) is 11.8 Å². The van der Waals surface area contributed by atoms with Gasteiger partial charge in [-0.05, 0) is 37.0 Å². The fourth-order valence-electron chi connectivity index (χ4n) is 3.31. The molecule has 0 radical (unpaired) electrons. The normalized spacial score (nSPS) is 12.2. The first-order valence-corrected chi connectivity index (χ1v) is 9.18. The van der Waals surface area contributed by atoms with E-state index in [4.69, 9.17) is 5.73 Å². The third-order valence-electron chi connectivity index (χ3n) is 4.88. The van der Waals surface area contributed by atoms with E-state index in [-0.39, 0.29) is 6.04 Å². The number of hydrogen-bond donors (Lipinski definition) is 3. The second-order valence-corrected chi connectivity index (χ2v) is 6.74. The van der Waals surface area contributed by atoms with Crippen molar-refractivity contribution in [1.29, 1.82) is 0 Å². The molecule has 0 saturated heterocycles. The van der Waals surface area contributed by atoms with Crippen molar-refractivity contribution in [3.05, 3.63) is 83.7 Å². The molecule has 4 aromatic rings. The van der Waals surface area contributed by atoms with Crippen LogP contribution in [-0.4, -0.2) is 15.0 Å². The average Bonchev–Trinajstić information content (AvgIpc) is 3.11. The average molecular weight is 357 g/mol. The predicted molar refractivity (Wildman–Crippen MR) is 111 cm³/mol. The Labute approximate surface area is 158 Å². The number of aromatic nitrogens is 3. The first-order valence-electron chi connectivity index (χ1n) is 9.18. The van der Waals surface area contributed by atoms with E-state index in [0.29, 0.717) is 11.8 Å². The van der Waals surface area contributed by atoms with Crippen LogP contribution in [0.2, 0.25) is 0 Å². The van der Waals surface area contributed by atoms with Gasteiger partial charge in [0.05, 0.1) is 6.04 Å². The highest BCUT2D eigenvalue weighted by Crippen LogP contribution is 2.22. The fraction of sp³-hybridized carbons (Fsp3) is 0.182. The Balaban J connectivity index is 1.44. The van der Waals surface area contributed by atoms with Crippen LogP contribution in [0.25, 0.3) is 10.9 Å². The summed E-state index contributed by atoms with van der Waals surface area (Å²) < 4.78 is 0. The van der Waals surface area contributed by atoms with Crippen molar-refractivity contribution < 1.29 is 0 Å². The molecule has 1 unspecified atom stereocenters. The largest absolute Gasteiger partial charge is 0.383 e. The molecular formula is C22H23N5. The molecule has 2 aromatic heterocycles. The van der Waals surface area contributed by atoms with Gasteiger partial charge in [-0.1, -0.05) is 48.5 Å². The van der Waals surface area contributed by atoms with Crippen molar-refractivity contribution in [3.8, 4) is 0 Å². The zero-order valence-corrected chi connectivity index (χ0v) is 15.3. The van der Waals surface area contributed by atoms with E-state index in [1.807, 2.05) is 30.5 Å². The van der Waals surface area contributed by atoms with Crippen LogP contribution < -0.4 is 11.1 Å². The second-order valence-electron chi connectivity index (χ2n) is 6.74. The van der Waals surface area contributed by atoms with Gasteiger partial charge in [-0.25, -0.2) is 4.98 Å². The number of rotatable bonds is 6. The monoisotopic (exact) mass is 357 g/mol. The fourth-order valence-corrected chi connectivity index (χ4v) is 3.31. The third-order valence-corrected chi connectivity index (χ3v) is 4.88. The summed E-state index contributed by atoms with van der Waals surface area (Å²) in [5, 5.41) is 4.57. The Morgan fingerprint density at radius 3 is 2.56 bits per heavy atom. The van der Waals surface area contributed by atoms with Gasteiger partial charge in [0, 0.05) is 28.9 Å². The van der Waals surface area contributed by atoms with Gasteiger partial charge in [0.15, 0.2) is 0 Å². The van der Waals surface area contributed by atoms with Crippen molar-refractivity contribution >= 4 is 22.7 Å². The summed E-state index contributed by atoms with van der Waals surface area (Å²) in [6, 6.07) is 18.7. The Morgan fingerprint density at radius 2 is 1.74 bits per heavy atom. The third kappa shape index (κ3) is 3.77. The number of anilines is 2. The number of hydrogen-bond acceptors (Lipinski definition) is 4. The Kier molecular flexibility index (Phi) is 4.75. The van der Waals surface area contributed by atoms with E-state index in [1.165, 1.54) is 16.5 Å². The molecule has 2 aromatic carbocycles. The van der Waals surface area contributed by atoms with Crippen LogP contribution in [0, 0.1) is 0 Å². The van der Waals surface area contributed by atoms with E-state index in [1.54, 1.807) is 0 Å². The quantitative estimate of drug-likeness (QED) is 0.475. The summed E-state index contributed by atoms with van der Waals surface area (Å²) >= 11 is 0. The molecule has 1 atom stereocenters. The summed E-state index contributed by atoms with van der Waals surface area (Å²) in [6.45, 7) is 2.08. The number of aromatic amines is 1. The van der Waals surface area contributed by atoms with Crippen molar-refractivity contribution in [2.24, 2.45) is 0 Å². The first kappa shape index (κ1) is 17.1. The van der Waals surface area contributed by atoms with E-state index in [9.17, 15) is 0 Å². The van der Waals surface area contributed by atoms with Crippen molar-refractivity contribution in [3.63, 3.8) is 0 Å². The van der Waals surface area contributed by atoms with E-state index < -0.39 is 0 Å². The molecule has 0 aliphatic heterocycles. The van der Waals surface area contributed by atoms with E-state index in [0.717, 1.165) is 23.9 Å². The highest BCUT2D eigenvalue weighted by molar-refractivity contribution is 5.83. The first-order chi connectivity index (χ1) is 13.2. The molecule has 4 rings (SSSR count).